The summed E-state index contributed by atoms with van der Waals surface area (Å²) in [5.41, 5.74) is 1.24. The number of hydrogen-bond donors (Lipinski definition) is 0. The molecule has 0 bridgehead atoms. The van der Waals surface area contributed by atoms with E-state index in [1.807, 2.05) is 0 Å². The number of non-ortho nitro benzene ring substituents is 1. The predicted octanol–water partition coefficient (Wildman–Crippen LogP) is 4.51. The van der Waals surface area contributed by atoms with Crippen LogP contribution in [0, 0.1) is 10.1 Å². The Bertz CT molecular complexity index is 1120. The molecule has 0 fully saturated rings. The summed E-state index contributed by atoms with van der Waals surface area (Å²) in [6.45, 7) is 4.17. The number of amides is 2. The first kappa shape index (κ1) is 17.6. The third-order valence-corrected chi connectivity index (χ3v) is 6.14. The standard InChI is InChI=1S/C18H13N3O4S2/c1-9(2)26-18-19-14-6-4-10(8-15(14)27-18)20-16(22)12-5-3-11(21(24)25)7-13(12)17(20)23/h3-9H,1-2H3. The first-order chi connectivity index (χ1) is 12.8. The molecule has 7 nitrogen and oxygen atoms in total. The Morgan fingerprint density at radius 3 is 2.56 bits per heavy atom. The van der Waals surface area contributed by atoms with Crippen molar-refractivity contribution in [3.8, 4) is 0 Å². The van der Waals surface area contributed by atoms with E-state index in [0.717, 1.165) is 25.5 Å². The van der Waals surface area contributed by atoms with Gasteiger partial charge in [0, 0.05) is 17.4 Å². The van der Waals surface area contributed by atoms with Crippen LogP contribution in [0.4, 0.5) is 11.4 Å². The summed E-state index contributed by atoms with van der Waals surface area (Å²) in [6, 6.07) is 8.91. The minimum Gasteiger partial charge on any atom is -0.268 e. The van der Waals surface area contributed by atoms with Gasteiger partial charge in [-0.1, -0.05) is 25.6 Å². The summed E-state index contributed by atoms with van der Waals surface area (Å²) in [5, 5.41) is 11.4. The highest BCUT2D eigenvalue weighted by Gasteiger charge is 2.38. The topological polar surface area (TPSA) is 93.4 Å². The number of nitro benzene ring substituents is 1. The van der Waals surface area contributed by atoms with Crippen LogP contribution in [0.5, 0.6) is 0 Å². The van der Waals surface area contributed by atoms with Gasteiger partial charge in [0.25, 0.3) is 17.5 Å². The second kappa shape index (κ2) is 6.43. The van der Waals surface area contributed by atoms with Crippen LogP contribution in [0.1, 0.15) is 34.6 Å². The number of carbonyl (C=O) groups excluding carboxylic acids is 2. The number of nitro groups is 1. The third-order valence-electron chi connectivity index (χ3n) is 4.03. The van der Waals surface area contributed by atoms with Crippen molar-refractivity contribution in [1.29, 1.82) is 0 Å². The van der Waals surface area contributed by atoms with Gasteiger partial charge in [-0.2, -0.15) is 0 Å². The van der Waals surface area contributed by atoms with Crippen LogP contribution in [-0.2, 0) is 0 Å². The van der Waals surface area contributed by atoms with Crippen molar-refractivity contribution in [2.24, 2.45) is 0 Å². The number of fused-ring (bicyclic) bond motifs is 2. The van der Waals surface area contributed by atoms with Crippen LogP contribution in [0.15, 0.2) is 40.7 Å². The fraction of sp³-hybridized carbons (Fsp3) is 0.167. The lowest BCUT2D eigenvalue weighted by molar-refractivity contribution is -0.384. The van der Waals surface area contributed by atoms with Gasteiger partial charge in [0.2, 0.25) is 0 Å². The van der Waals surface area contributed by atoms with Crippen molar-refractivity contribution < 1.29 is 14.5 Å². The van der Waals surface area contributed by atoms with Crippen molar-refractivity contribution >= 4 is 56.5 Å². The van der Waals surface area contributed by atoms with Gasteiger partial charge in [-0.3, -0.25) is 19.7 Å². The van der Waals surface area contributed by atoms with Crippen LogP contribution >= 0.6 is 23.1 Å². The fourth-order valence-corrected chi connectivity index (χ4v) is 5.18. The maximum absolute atomic E-state index is 12.7. The Morgan fingerprint density at radius 1 is 1.11 bits per heavy atom. The molecule has 0 saturated carbocycles. The van der Waals surface area contributed by atoms with Gasteiger partial charge in [-0.15, -0.1) is 11.3 Å². The first-order valence-corrected chi connectivity index (χ1v) is 9.79. The Hall–Kier alpha value is -2.78. The van der Waals surface area contributed by atoms with Gasteiger partial charge >= 0.3 is 0 Å². The monoisotopic (exact) mass is 399 g/mol. The molecule has 2 heterocycles. The highest BCUT2D eigenvalue weighted by Crippen LogP contribution is 2.36. The summed E-state index contributed by atoms with van der Waals surface area (Å²) in [6.07, 6.45) is 0. The molecule has 2 aromatic carbocycles. The molecule has 0 N–H and O–H groups in total. The van der Waals surface area contributed by atoms with Gasteiger partial charge in [0.1, 0.15) is 0 Å². The molecule has 3 aromatic rings. The Kier molecular flexibility index (Phi) is 4.20. The largest absolute Gasteiger partial charge is 0.270 e. The molecule has 0 aliphatic carbocycles. The molecule has 1 aromatic heterocycles. The number of benzene rings is 2. The van der Waals surface area contributed by atoms with Gasteiger partial charge in [0.05, 0.1) is 32.0 Å². The van der Waals surface area contributed by atoms with Crippen LogP contribution in [0.25, 0.3) is 10.2 Å². The van der Waals surface area contributed by atoms with Crippen molar-refractivity contribution in [2.45, 2.75) is 23.4 Å². The lowest BCUT2D eigenvalue weighted by Crippen LogP contribution is -2.29. The highest BCUT2D eigenvalue weighted by molar-refractivity contribution is 8.01. The zero-order valence-electron chi connectivity index (χ0n) is 14.3. The number of aromatic nitrogens is 1. The average molecular weight is 399 g/mol. The Labute approximate surface area is 162 Å². The van der Waals surface area contributed by atoms with E-state index in [-0.39, 0.29) is 16.8 Å². The van der Waals surface area contributed by atoms with Gasteiger partial charge in [-0.05, 0) is 24.3 Å². The number of rotatable bonds is 4. The van der Waals surface area contributed by atoms with Crippen molar-refractivity contribution in [3.05, 3.63) is 57.6 Å². The number of thioether (sulfide) groups is 1. The minimum atomic E-state index is -0.585. The van der Waals surface area contributed by atoms with E-state index in [9.17, 15) is 19.7 Å². The predicted molar refractivity (Wildman–Crippen MR) is 105 cm³/mol. The molecular formula is C18H13N3O4S2. The van der Waals surface area contributed by atoms with E-state index < -0.39 is 16.7 Å². The fourth-order valence-electron chi connectivity index (χ4n) is 2.86. The van der Waals surface area contributed by atoms with Crippen LogP contribution in [0.2, 0.25) is 0 Å². The van der Waals surface area contributed by atoms with Crippen molar-refractivity contribution in [2.75, 3.05) is 4.90 Å². The van der Waals surface area contributed by atoms with E-state index in [0.29, 0.717) is 10.9 Å². The maximum Gasteiger partial charge on any atom is 0.270 e. The molecule has 4 rings (SSSR count). The maximum atomic E-state index is 12.7. The van der Waals surface area contributed by atoms with E-state index in [1.54, 1.807) is 30.0 Å². The van der Waals surface area contributed by atoms with Gasteiger partial charge in [0.15, 0.2) is 4.34 Å². The number of imide groups is 1. The van der Waals surface area contributed by atoms with E-state index in [2.05, 4.69) is 18.8 Å². The molecule has 0 radical (unpaired) electrons. The number of hydrogen-bond acceptors (Lipinski definition) is 7. The lowest BCUT2D eigenvalue weighted by atomic mass is 10.1. The molecule has 1 aliphatic rings. The van der Waals surface area contributed by atoms with Crippen molar-refractivity contribution in [1.82, 2.24) is 4.98 Å². The minimum absolute atomic E-state index is 0.0506. The highest BCUT2D eigenvalue weighted by atomic mass is 32.2. The summed E-state index contributed by atoms with van der Waals surface area (Å²) in [7, 11) is 0. The van der Waals surface area contributed by atoms with Gasteiger partial charge < -0.3 is 0 Å². The van der Waals surface area contributed by atoms with E-state index in [1.165, 1.54) is 23.5 Å². The first-order valence-electron chi connectivity index (χ1n) is 8.09. The molecule has 2 amide bonds. The second-order valence-electron chi connectivity index (χ2n) is 6.23. The van der Waals surface area contributed by atoms with Gasteiger partial charge in [-0.25, -0.2) is 9.88 Å². The molecule has 0 saturated heterocycles. The molecule has 0 atom stereocenters. The molecule has 0 unspecified atom stereocenters. The van der Waals surface area contributed by atoms with E-state index in [4.69, 9.17) is 0 Å². The SMILES string of the molecule is CC(C)Sc1nc2ccc(N3C(=O)c4ccc([N+](=O)[O-])cc4C3=O)cc2s1. The molecule has 136 valence electrons. The Morgan fingerprint density at radius 2 is 1.85 bits per heavy atom. The second-order valence-corrected chi connectivity index (χ2v) is 9.09. The third kappa shape index (κ3) is 2.98. The number of nitrogens with zero attached hydrogens (tertiary/aromatic N) is 3. The molecule has 0 spiro atoms. The van der Waals surface area contributed by atoms with E-state index >= 15 is 0 Å². The summed E-state index contributed by atoms with van der Waals surface area (Å²) in [4.78, 5) is 41.4. The zero-order chi connectivity index (χ0) is 19.3. The average Bonchev–Trinajstić information content (AvgIpc) is 3.11. The molecular weight excluding hydrogens is 386 g/mol. The van der Waals surface area contributed by atoms with Crippen molar-refractivity contribution in [3.63, 3.8) is 0 Å². The van der Waals surface area contributed by atoms with Crippen LogP contribution in [0.3, 0.4) is 0 Å². The molecule has 9 heteroatoms. The quantitative estimate of drug-likeness (QED) is 0.277. The summed E-state index contributed by atoms with van der Waals surface area (Å²) >= 11 is 3.16. The zero-order valence-corrected chi connectivity index (χ0v) is 16.0. The number of anilines is 1. The number of thiazole rings is 1. The lowest BCUT2D eigenvalue weighted by Gasteiger charge is -2.13. The summed E-state index contributed by atoms with van der Waals surface area (Å²) in [5.74, 6) is -1.04. The number of carbonyl (C=O) groups is 2. The van der Waals surface area contributed by atoms with Crippen LogP contribution in [-0.4, -0.2) is 27.0 Å². The normalized spacial score (nSPS) is 13.7. The Balaban J connectivity index is 1.73. The van der Waals surface area contributed by atoms with Crippen LogP contribution < -0.4 is 4.90 Å². The molecule has 1 aliphatic heterocycles. The molecule has 27 heavy (non-hydrogen) atoms. The summed E-state index contributed by atoms with van der Waals surface area (Å²) < 4.78 is 1.80. The smallest absolute Gasteiger partial charge is 0.268 e.